The second-order valence-electron chi connectivity index (χ2n) is 3.30. The SMILES string of the molecule is CCS(CC)(CC)(CC)=S(=O)(O)O. The van der Waals surface area contributed by atoms with Crippen molar-refractivity contribution < 1.29 is 13.3 Å². The highest BCUT2D eigenvalue weighted by atomic mass is 32.9. The van der Waals surface area contributed by atoms with Gasteiger partial charge in [0.05, 0.1) is 0 Å². The molecule has 0 unspecified atom stereocenters. The van der Waals surface area contributed by atoms with E-state index in [-0.39, 0.29) is 0 Å². The quantitative estimate of drug-likeness (QED) is 0.775. The van der Waals surface area contributed by atoms with Gasteiger partial charge in [-0.05, 0) is 23.0 Å². The third kappa shape index (κ3) is 1.67. The van der Waals surface area contributed by atoms with Crippen molar-refractivity contribution in [3.63, 3.8) is 0 Å². The van der Waals surface area contributed by atoms with Crippen LogP contribution in [-0.4, -0.2) is 36.3 Å². The molecule has 0 saturated heterocycles. The average molecular weight is 230 g/mol. The maximum Gasteiger partial charge on any atom is 0.208 e. The highest BCUT2D eigenvalue weighted by Crippen LogP contribution is 2.32. The van der Waals surface area contributed by atoms with Crippen molar-refractivity contribution in [3.8, 4) is 0 Å². The topological polar surface area (TPSA) is 57.5 Å². The normalized spacial score (nSPS) is 16.6. The van der Waals surface area contributed by atoms with Crippen LogP contribution in [0, 0.1) is 0 Å². The van der Waals surface area contributed by atoms with Crippen LogP contribution >= 0.6 is 0 Å². The lowest BCUT2D eigenvalue weighted by atomic mass is 10.9. The number of rotatable bonds is 4. The second-order valence-corrected chi connectivity index (χ2v) is 14.0. The highest BCUT2D eigenvalue weighted by Gasteiger charge is 2.34. The minimum absolute atomic E-state index is 0.631. The van der Waals surface area contributed by atoms with E-state index in [1.165, 1.54) is 0 Å². The lowest BCUT2D eigenvalue weighted by molar-refractivity contribution is 0.448. The first kappa shape index (κ1) is 13.4. The van der Waals surface area contributed by atoms with Crippen LogP contribution in [0.2, 0.25) is 0 Å². The Morgan fingerprint density at radius 2 is 1.15 bits per heavy atom. The molecule has 0 bridgehead atoms. The summed E-state index contributed by atoms with van der Waals surface area (Å²) in [4.78, 5) is 0. The fraction of sp³-hybridized carbons (Fsp3) is 1.00. The first-order chi connectivity index (χ1) is 5.82. The molecule has 0 aliphatic rings. The van der Waals surface area contributed by atoms with Crippen molar-refractivity contribution in [3.05, 3.63) is 0 Å². The molecule has 0 amide bonds. The molecular weight excluding hydrogens is 208 g/mol. The molecule has 0 heterocycles. The van der Waals surface area contributed by atoms with Gasteiger partial charge in [0.25, 0.3) is 0 Å². The molecule has 3 nitrogen and oxygen atoms in total. The standard InChI is InChI=1S/C8H22O3S2/c1-5-13(6-2,7-3,8-4)12(9,10)11/h5-8H2,1-4H3,(H2,9,10,11). The van der Waals surface area contributed by atoms with Gasteiger partial charge >= 0.3 is 0 Å². The first-order valence-corrected chi connectivity index (χ1v) is 9.39. The minimum atomic E-state index is -3.63. The Morgan fingerprint density at radius 1 is 0.923 bits per heavy atom. The summed E-state index contributed by atoms with van der Waals surface area (Å²) in [5.41, 5.74) is 0. The Kier molecular flexibility index (Phi) is 4.01. The van der Waals surface area contributed by atoms with Gasteiger partial charge in [-0.1, -0.05) is 27.7 Å². The fourth-order valence-corrected chi connectivity index (χ4v) is 9.20. The van der Waals surface area contributed by atoms with Gasteiger partial charge in [-0.15, -0.1) is 0 Å². The summed E-state index contributed by atoms with van der Waals surface area (Å²) in [5.74, 6) is 2.53. The van der Waals surface area contributed by atoms with Crippen molar-refractivity contribution in [2.75, 3.05) is 23.0 Å². The first-order valence-electron chi connectivity index (χ1n) is 4.68. The summed E-state index contributed by atoms with van der Waals surface area (Å²) in [6.45, 7) is 7.63. The van der Waals surface area contributed by atoms with Gasteiger partial charge in [-0.25, -0.2) is 4.21 Å². The third-order valence-electron chi connectivity index (χ3n) is 3.53. The molecule has 84 valence electrons. The van der Waals surface area contributed by atoms with E-state index in [2.05, 4.69) is 0 Å². The van der Waals surface area contributed by atoms with E-state index in [4.69, 9.17) is 0 Å². The zero-order chi connectivity index (χ0) is 10.8. The molecule has 0 aliphatic carbocycles. The number of hydrogen-bond acceptors (Lipinski definition) is 1. The molecule has 13 heavy (non-hydrogen) atoms. The van der Waals surface area contributed by atoms with E-state index in [1.54, 1.807) is 0 Å². The van der Waals surface area contributed by atoms with E-state index >= 15 is 0 Å². The Labute approximate surface area is 81.1 Å². The lowest BCUT2D eigenvalue weighted by Gasteiger charge is -2.46. The molecule has 0 aliphatic heterocycles. The summed E-state index contributed by atoms with van der Waals surface area (Å²) in [6.07, 6.45) is 0. The zero-order valence-corrected chi connectivity index (χ0v) is 10.6. The summed E-state index contributed by atoms with van der Waals surface area (Å²) in [5, 5.41) is 0. The molecule has 0 atom stereocenters. The van der Waals surface area contributed by atoms with E-state index in [9.17, 15) is 13.3 Å². The van der Waals surface area contributed by atoms with Crippen LogP contribution in [0.4, 0.5) is 0 Å². The fourth-order valence-electron chi connectivity index (χ4n) is 1.84. The molecule has 0 saturated carbocycles. The summed E-state index contributed by atoms with van der Waals surface area (Å²) < 4.78 is 30.6. The summed E-state index contributed by atoms with van der Waals surface area (Å²) in [6, 6.07) is 0. The smallest absolute Gasteiger partial charge is 0.208 e. The maximum atomic E-state index is 11.6. The van der Waals surface area contributed by atoms with Crippen molar-refractivity contribution in [1.29, 1.82) is 0 Å². The van der Waals surface area contributed by atoms with Crippen LogP contribution in [0.15, 0.2) is 0 Å². The van der Waals surface area contributed by atoms with Gasteiger partial charge in [-0.2, -0.15) is 7.72 Å². The molecule has 0 rings (SSSR count). The average Bonchev–Trinajstić information content (AvgIpc) is 2.08. The Morgan fingerprint density at radius 3 is 1.15 bits per heavy atom. The minimum Gasteiger partial charge on any atom is -0.290 e. The predicted octanol–water partition coefficient (Wildman–Crippen LogP) is 1.90. The largest absolute Gasteiger partial charge is 0.290 e. The van der Waals surface area contributed by atoms with Gasteiger partial charge in [0.15, 0.2) is 0 Å². The van der Waals surface area contributed by atoms with E-state index < -0.39 is 16.8 Å². The lowest BCUT2D eigenvalue weighted by Crippen LogP contribution is -2.48. The third-order valence-corrected chi connectivity index (χ3v) is 17.1. The molecule has 0 aromatic rings. The van der Waals surface area contributed by atoms with Crippen LogP contribution in [0.5, 0.6) is 0 Å². The van der Waals surface area contributed by atoms with Crippen molar-refractivity contribution >= 4 is 16.8 Å². The molecule has 5 heteroatoms. The molecular formula is C8H22O3S2. The van der Waals surface area contributed by atoms with E-state index in [0.717, 1.165) is 0 Å². The van der Waals surface area contributed by atoms with Crippen molar-refractivity contribution in [2.24, 2.45) is 0 Å². The van der Waals surface area contributed by atoms with Crippen LogP contribution in [0.25, 0.3) is 0 Å². The number of hydrogen-bond donors (Lipinski definition) is 2. The zero-order valence-electron chi connectivity index (χ0n) is 8.95. The van der Waals surface area contributed by atoms with Crippen molar-refractivity contribution in [2.45, 2.75) is 27.7 Å². The second kappa shape index (κ2) is 3.88. The molecule has 0 fully saturated rings. The molecule has 0 aromatic carbocycles. The van der Waals surface area contributed by atoms with Gasteiger partial charge < -0.3 is 0 Å². The molecule has 0 spiro atoms. The van der Waals surface area contributed by atoms with Crippen LogP contribution in [0.3, 0.4) is 0 Å². The summed E-state index contributed by atoms with van der Waals surface area (Å²) >= 11 is 0. The van der Waals surface area contributed by atoms with Gasteiger partial charge in [0, 0.05) is 0 Å². The molecule has 2 N–H and O–H groups in total. The van der Waals surface area contributed by atoms with E-state index in [1.807, 2.05) is 27.7 Å². The molecule has 0 aromatic heterocycles. The predicted molar refractivity (Wildman–Crippen MR) is 62.9 cm³/mol. The van der Waals surface area contributed by atoms with Gasteiger partial charge in [0.2, 0.25) is 9.05 Å². The van der Waals surface area contributed by atoms with Gasteiger partial charge in [-0.3, -0.25) is 9.11 Å². The van der Waals surface area contributed by atoms with Crippen molar-refractivity contribution in [1.82, 2.24) is 0 Å². The maximum absolute atomic E-state index is 11.6. The Bertz CT molecular complexity index is 279. The highest BCUT2D eigenvalue weighted by molar-refractivity contribution is 8.61. The van der Waals surface area contributed by atoms with Gasteiger partial charge in [0.1, 0.15) is 0 Å². The molecule has 0 radical (unpaired) electrons. The summed E-state index contributed by atoms with van der Waals surface area (Å²) in [7, 11) is -6.14. The van der Waals surface area contributed by atoms with Crippen LogP contribution in [0.1, 0.15) is 27.7 Å². The van der Waals surface area contributed by atoms with Crippen LogP contribution < -0.4 is 0 Å². The monoisotopic (exact) mass is 230 g/mol. The Hall–Kier alpha value is 0.420. The van der Waals surface area contributed by atoms with E-state index in [0.29, 0.717) is 23.0 Å². The van der Waals surface area contributed by atoms with Crippen LogP contribution in [-0.2, 0) is 16.8 Å². The Balaban J connectivity index is 6.15.